The zero-order valence-corrected chi connectivity index (χ0v) is 9.08. The zero-order chi connectivity index (χ0) is 10.9. The van der Waals surface area contributed by atoms with Gasteiger partial charge in [0.2, 0.25) is 0 Å². The first-order valence-electron chi connectivity index (χ1n) is 6.21. The molecule has 0 aliphatic heterocycles. The Morgan fingerprint density at radius 3 is 2.44 bits per heavy atom. The molecule has 4 rings (SSSR count). The van der Waals surface area contributed by atoms with E-state index in [1.54, 1.807) is 6.07 Å². The highest BCUT2D eigenvalue weighted by Gasteiger charge is 2.67. The average Bonchev–Trinajstić information content (AvgIpc) is 2.28. The highest BCUT2D eigenvalue weighted by atomic mass is 16.4. The van der Waals surface area contributed by atoms with Gasteiger partial charge in [-0.05, 0) is 53.5 Å². The van der Waals surface area contributed by atoms with Crippen LogP contribution in [0.2, 0.25) is 0 Å². The summed E-state index contributed by atoms with van der Waals surface area (Å²) < 4.78 is 0. The molecule has 3 fully saturated rings. The summed E-state index contributed by atoms with van der Waals surface area (Å²) in [6.45, 7) is 0. The fourth-order valence-electron chi connectivity index (χ4n) is 4.41. The summed E-state index contributed by atoms with van der Waals surface area (Å²) in [6.07, 6.45) is 2.83. The Morgan fingerprint density at radius 1 is 1.12 bits per heavy atom. The SMILES string of the molecule is OB(O)c1cccc(C2C3CC4CC2C43)c1. The second kappa shape index (κ2) is 2.90. The highest BCUT2D eigenvalue weighted by Crippen LogP contribution is 2.75. The van der Waals surface area contributed by atoms with Gasteiger partial charge >= 0.3 is 7.12 Å². The average molecular weight is 214 g/mol. The van der Waals surface area contributed by atoms with E-state index < -0.39 is 7.12 Å². The lowest BCUT2D eigenvalue weighted by atomic mass is 9.31. The summed E-state index contributed by atoms with van der Waals surface area (Å²) in [4.78, 5) is 0. The van der Waals surface area contributed by atoms with Crippen LogP contribution in [0.4, 0.5) is 0 Å². The van der Waals surface area contributed by atoms with Crippen molar-refractivity contribution in [3.8, 4) is 0 Å². The minimum absolute atomic E-state index is 0.635. The van der Waals surface area contributed by atoms with Gasteiger partial charge in [0.1, 0.15) is 0 Å². The van der Waals surface area contributed by atoms with Gasteiger partial charge < -0.3 is 10.0 Å². The van der Waals surface area contributed by atoms with Crippen LogP contribution in [-0.4, -0.2) is 17.2 Å². The van der Waals surface area contributed by atoms with Gasteiger partial charge in [0.25, 0.3) is 0 Å². The molecule has 3 saturated carbocycles. The van der Waals surface area contributed by atoms with Crippen molar-refractivity contribution in [3.05, 3.63) is 29.8 Å². The van der Waals surface area contributed by atoms with E-state index in [0.717, 1.165) is 23.7 Å². The fourth-order valence-corrected chi connectivity index (χ4v) is 4.41. The van der Waals surface area contributed by atoms with Gasteiger partial charge in [-0.25, -0.2) is 0 Å². The van der Waals surface area contributed by atoms with Gasteiger partial charge in [-0.2, -0.15) is 0 Å². The Kier molecular flexibility index (Phi) is 1.68. The van der Waals surface area contributed by atoms with Crippen molar-refractivity contribution in [2.24, 2.45) is 23.7 Å². The van der Waals surface area contributed by atoms with E-state index in [9.17, 15) is 10.0 Å². The second-order valence-electron chi connectivity index (χ2n) is 5.71. The maximum absolute atomic E-state index is 9.18. The number of hydrogen-bond acceptors (Lipinski definition) is 2. The molecule has 2 nitrogen and oxygen atoms in total. The maximum Gasteiger partial charge on any atom is 0.488 e. The van der Waals surface area contributed by atoms with Gasteiger partial charge in [-0.3, -0.25) is 0 Å². The molecule has 0 radical (unpaired) electrons. The molecule has 2 unspecified atom stereocenters. The lowest BCUT2D eigenvalue weighted by Gasteiger charge is -2.73. The van der Waals surface area contributed by atoms with Crippen molar-refractivity contribution < 1.29 is 10.0 Å². The molecule has 0 bridgehead atoms. The molecule has 0 spiro atoms. The lowest BCUT2D eigenvalue weighted by Crippen LogP contribution is -2.66. The molecule has 2 atom stereocenters. The van der Waals surface area contributed by atoms with Crippen LogP contribution in [0, 0.1) is 23.7 Å². The van der Waals surface area contributed by atoms with Crippen molar-refractivity contribution in [3.63, 3.8) is 0 Å². The van der Waals surface area contributed by atoms with E-state index in [1.165, 1.54) is 18.4 Å². The van der Waals surface area contributed by atoms with E-state index in [1.807, 2.05) is 12.1 Å². The molecular weight excluding hydrogens is 199 g/mol. The monoisotopic (exact) mass is 214 g/mol. The largest absolute Gasteiger partial charge is 0.488 e. The van der Waals surface area contributed by atoms with Crippen LogP contribution in [0.1, 0.15) is 24.3 Å². The Labute approximate surface area is 95.4 Å². The molecule has 0 saturated heterocycles. The molecule has 1 aromatic carbocycles. The first kappa shape index (κ1) is 9.26. The molecule has 16 heavy (non-hydrogen) atoms. The third-order valence-corrected chi connectivity index (χ3v) is 5.20. The minimum Gasteiger partial charge on any atom is -0.423 e. The summed E-state index contributed by atoms with van der Waals surface area (Å²) in [7, 11) is -1.33. The van der Waals surface area contributed by atoms with E-state index in [-0.39, 0.29) is 0 Å². The van der Waals surface area contributed by atoms with Gasteiger partial charge in [-0.1, -0.05) is 24.3 Å². The Morgan fingerprint density at radius 2 is 1.88 bits per heavy atom. The predicted molar refractivity (Wildman–Crippen MR) is 62.2 cm³/mol. The van der Waals surface area contributed by atoms with E-state index >= 15 is 0 Å². The molecule has 3 aliphatic rings. The van der Waals surface area contributed by atoms with Crippen LogP contribution in [0.25, 0.3) is 0 Å². The third kappa shape index (κ3) is 0.963. The van der Waals surface area contributed by atoms with Crippen LogP contribution < -0.4 is 5.46 Å². The van der Waals surface area contributed by atoms with Crippen LogP contribution in [0.3, 0.4) is 0 Å². The molecule has 82 valence electrons. The molecular formula is C13H15BO2. The molecule has 3 aliphatic carbocycles. The maximum atomic E-state index is 9.18. The Bertz CT molecular complexity index is 431. The summed E-state index contributed by atoms with van der Waals surface area (Å²) >= 11 is 0. The number of rotatable bonds is 2. The normalized spacial score (nSPS) is 42.5. The molecule has 3 heteroatoms. The Hall–Kier alpha value is -0.795. The summed E-state index contributed by atoms with van der Waals surface area (Å²) in [5.41, 5.74) is 1.96. The summed E-state index contributed by atoms with van der Waals surface area (Å²) in [6, 6.07) is 7.87. The third-order valence-electron chi connectivity index (χ3n) is 5.20. The molecule has 0 heterocycles. The van der Waals surface area contributed by atoms with Crippen LogP contribution >= 0.6 is 0 Å². The fraction of sp³-hybridized carbons (Fsp3) is 0.538. The van der Waals surface area contributed by atoms with Crippen molar-refractivity contribution in [2.75, 3.05) is 0 Å². The van der Waals surface area contributed by atoms with Crippen LogP contribution in [-0.2, 0) is 0 Å². The summed E-state index contributed by atoms with van der Waals surface area (Å²) in [5, 5.41) is 18.4. The second-order valence-corrected chi connectivity index (χ2v) is 5.71. The molecule has 2 N–H and O–H groups in total. The minimum atomic E-state index is -1.33. The number of hydrogen-bond donors (Lipinski definition) is 2. The van der Waals surface area contributed by atoms with E-state index in [0.29, 0.717) is 11.4 Å². The van der Waals surface area contributed by atoms with Gasteiger partial charge in [0, 0.05) is 0 Å². The topological polar surface area (TPSA) is 40.5 Å². The van der Waals surface area contributed by atoms with Crippen molar-refractivity contribution >= 4 is 12.6 Å². The van der Waals surface area contributed by atoms with E-state index in [2.05, 4.69) is 6.07 Å². The van der Waals surface area contributed by atoms with Gasteiger partial charge in [0.05, 0.1) is 0 Å². The van der Waals surface area contributed by atoms with Crippen LogP contribution in [0.5, 0.6) is 0 Å². The van der Waals surface area contributed by atoms with E-state index in [4.69, 9.17) is 0 Å². The summed E-state index contributed by atoms with van der Waals surface area (Å²) in [5.74, 6) is 4.63. The highest BCUT2D eigenvalue weighted by molar-refractivity contribution is 6.58. The van der Waals surface area contributed by atoms with Gasteiger partial charge in [-0.15, -0.1) is 0 Å². The van der Waals surface area contributed by atoms with Crippen molar-refractivity contribution in [1.82, 2.24) is 0 Å². The van der Waals surface area contributed by atoms with Crippen molar-refractivity contribution in [1.29, 1.82) is 0 Å². The molecule has 0 amide bonds. The number of benzene rings is 1. The molecule has 0 aromatic heterocycles. The van der Waals surface area contributed by atoms with Gasteiger partial charge in [0.15, 0.2) is 0 Å². The van der Waals surface area contributed by atoms with Crippen molar-refractivity contribution in [2.45, 2.75) is 18.8 Å². The zero-order valence-electron chi connectivity index (χ0n) is 9.08. The first-order chi connectivity index (χ1) is 7.75. The quantitative estimate of drug-likeness (QED) is 0.712. The van der Waals surface area contributed by atoms with Crippen LogP contribution in [0.15, 0.2) is 24.3 Å². The lowest BCUT2D eigenvalue weighted by molar-refractivity contribution is -0.214. The Balaban J connectivity index is 1.65. The first-order valence-corrected chi connectivity index (χ1v) is 6.21. The smallest absolute Gasteiger partial charge is 0.423 e. The molecule has 1 aromatic rings. The standard InChI is InChI=1S/C13H15BO2/c15-14(16)9-3-1-2-7(4-9)12-10-5-8-6-11(12)13(8)10/h1-4,8,10-13,15-16H,5-6H2. The predicted octanol–water partition coefficient (Wildman–Crippen LogP) is 0.736.